The normalized spacial score (nSPS) is 10.4. The van der Waals surface area contributed by atoms with Crippen LogP contribution in [0.3, 0.4) is 0 Å². The fraction of sp³-hybridized carbons (Fsp3) is 0.938. The zero-order valence-corrected chi connectivity index (χ0v) is 13.6. The molecule has 0 aromatic carbocycles. The molecule has 0 aliphatic rings. The average Bonchev–Trinajstić information content (AvgIpc) is 2.39. The predicted octanol–water partition coefficient (Wildman–Crippen LogP) is 2.13. The zero-order valence-electron chi connectivity index (χ0n) is 13.6. The van der Waals surface area contributed by atoms with Crippen LogP contribution in [0.25, 0.3) is 0 Å². The van der Waals surface area contributed by atoms with E-state index in [0.29, 0.717) is 6.79 Å². The predicted molar refractivity (Wildman–Crippen MR) is 78.6 cm³/mol. The summed E-state index contributed by atoms with van der Waals surface area (Å²) >= 11 is 0. The molecule has 0 bridgehead atoms. The van der Waals surface area contributed by atoms with Crippen LogP contribution in [-0.2, 0) is 9.47 Å². The van der Waals surface area contributed by atoms with Crippen molar-refractivity contribution in [1.29, 1.82) is 0 Å². The Morgan fingerprint density at radius 3 is 1.84 bits per heavy atom. The summed E-state index contributed by atoms with van der Waals surface area (Å²) in [6.45, 7) is 6.50. The van der Waals surface area contributed by atoms with Gasteiger partial charge in [0.05, 0.1) is 0 Å². The Morgan fingerprint density at radius 2 is 1.26 bits per heavy atom. The van der Waals surface area contributed by atoms with Crippen LogP contribution < -0.4 is 18.9 Å². The van der Waals surface area contributed by atoms with E-state index in [1.54, 1.807) is 0 Å². The Morgan fingerprint density at radius 1 is 0.737 bits per heavy atom. The van der Waals surface area contributed by atoms with Crippen LogP contribution in [0, 0.1) is 6.42 Å². The maximum Gasteiger partial charge on any atom is 1.00 e. The second-order valence-electron chi connectivity index (χ2n) is 4.96. The van der Waals surface area contributed by atoms with Crippen molar-refractivity contribution in [3.05, 3.63) is 6.42 Å². The molecule has 3 heteroatoms. The van der Waals surface area contributed by atoms with Crippen molar-refractivity contribution in [2.24, 2.45) is 0 Å². The first-order valence-electron chi connectivity index (χ1n) is 7.85. The first kappa shape index (κ1) is 21.8. The van der Waals surface area contributed by atoms with Gasteiger partial charge >= 0.3 is 18.9 Å². The number of hydrogen-bond donors (Lipinski definition) is 0. The van der Waals surface area contributed by atoms with Gasteiger partial charge in [-0.15, -0.1) is 0 Å². The van der Waals surface area contributed by atoms with Gasteiger partial charge in [-0.1, -0.05) is 58.3 Å². The van der Waals surface area contributed by atoms with E-state index < -0.39 is 0 Å². The second kappa shape index (κ2) is 20.8. The van der Waals surface area contributed by atoms with Crippen molar-refractivity contribution in [1.82, 2.24) is 0 Å². The first-order chi connectivity index (χ1) is 8.91. The van der Waals surface area contributed by atoms with E-state index in [4.69, 9.17) is 9.47 Å². The van der Waals surface area contributed by atoms with Gasteiger partial charge in [0.15, 0.2) is 0 Å². The topological polar surface area (TPSA) is 18.5 Å². The molecule has 0 heterocycles. The maximum atomic E-state index is 5.43. The summed E-state index contributed by atoms with van der Waals surface area (Å²) in [4.78, 5) is 0. The van der Waals surface area contributed by atoms with E-state index in [1.807, 2.05) is 0 Å². The molecule has 0 aromatic heterocycles. The average molecular weight is 264 g/mol. The first-order valence-corrected chi connectivity index (χ1v) is 7.85. The van der Waals surface area contributed by atoms with Crippen LogP contribution in [-0.4, -0.2) is 20.0 Å². The summed E-state index contributed by atoms with van der Waals surface area (Å²) in [6, 6.07) is 0. The third-order valence-corrected chi connectivity index (χ3v) is 3.09. The van der Waals surface area contributed by atoms with Gasteiger partial charge in [-0.3, -0.25) is 0 Å². The summed E-state index contributed by atoms with van der Waals surface area (Å²) in [5.74, 6) is 0. The van der Waals surface area contributed by atoms with Gasteiger partial charge in [0, 0.05) is 13.2 Å². The molecule has 0 rings (SSSR count). The molecule has 2 nitrogen and oxygen atoms in total. The van der Waals surface area contributed by atoms with E-state index in [1.165, 1.54) is 51.4 Å². The van der Waals surface area contributed by atoms with Gasteiger partial charge in [0.25, 0.3) is 0 Å². The monoisotopic (exact) mass is 264 g/mol. The number of hydrogen-bond acceptors (Lipinski definition) is 2. The fourth-order valence-electron chi connectivity index (χ4n) is 1.90. The van der Waals surface area contributed by atoms with Crippen molar-refractivity contribution in [3.8, 4) is 0 Å². The van der Waals surface area contributed by atoms with E-state index in [0.717, 1.165) is 26.1 Å². The third-order valence-electron chi connectivity index (χ3n) is 3.09. The van der Waals surface area contributed by atoms with Gasteiger partial charge in [-0.05, 0) is 6.42 Å². The number of unbranched alkanes of at least 4 members (excludes halogenated alkanes) is 9. The minimum atomic E-state index is 0. The summed E-state index contributed by atoms with van der Waals surface area (Å²) in [5.41, 5.74) is 0. The second-order valence-corrected chi connectivity index (χ2v) is 4.96. The molecular formula is C16H33LiO2. The Labute approximate surface area is 133 Å². The molecule has 0 aliphatic heterocycles. The van der Waals surface area contributed by atoms with Crippen molar-refractivity contribution < 1.29 is 28.3 Å². The molecule has 0 N–H and O–H groups in total. The van der Waals surface area contributed by atoms with Crippen molar-refractivity contribution in [3.63, 3.8) is 0 Å². The molecule has 0 atom stereocenters. The molecule has 110 valence electrons. The van der Waals surface area contributed by atoms with E-state index in [-0.39, 0.29) is 18.9 Å². The fourth-order valence-corrected chi connectivity index (χ4v) is 1.90. The van der Waals surface area contributed by atoms with Crippen molar-refractivity contribution >= 4 is 0 Å². The largest absolute Gasteiger partial charge is 1.00 e. The number of rotatable bonds is 15. The van der Waals surface area contributed by atoms with Crippen LogP contribution in [0.2, 0.25) is 0 Å². The van der Waals surface area contributed by atoms with Gasteiger partial charge < -0.3 is 15.9 Å². The Hall–Kier alpha value is 0.517. The third kappa shape index (κ3) is 21.0. The van der Waals surface area contributed by atoms with Crippen molar-refractivity contribution in [2.45, 2.75) is 78.1 Å². The summed E-state index contributed by atoms with van der Waals surface area (Å²) in [7, 11) is 0. The van der Waals surface area contributed by atoms with Crippen LogP contribution in [0.5, 0.6) is 0 Å². The minimum Gasteiger partial charge on any atom is -0.356 e. The van der Waals surface area contributed by atoms with Crippen LogP contribution in [0.1, 0.15) is 78.1 Å². The van der Waals surface area contributed by atoms with Gasteiger partial charge in [-0.2, -0.15) is 13.3 Å². The molecule has 19 heavy (non-hydrogen) atoms. The molecule has 0 aliphatic carbocycles. The van der Waals surface area contributed by atoms with E-state index >= 15 is 0 Å². The SMILES string of the molecule is C[CH-]CCCOCOCCCCCCCCCC.[Li+]. The van der Waals surface area contributed by atoms with Gasteiger partial charge in [0.1, 0.15) is 6.79 Å². The molecule has 0 saturated heterocycles. The van der Waals surface area contributed by atoms with Gasteiger partial charge in [-0.25, -0.2) is 0 Å². The molecule has 0 unspecified atom stereocenters. The van der Waals surface area contributed by atoms with Crippen LogP contribution >= 0.6 is 0 Å². The molecule has 0 aromatic rings. The zero-order chi connectivity index (χ0) is 13.3. The molecule has 0 saturated carbocycles. The van der Waals surface area contributed by atoms with E-state index in [9.17, 15) is 0 Å². The Balaban J connectivity index is 0. The van der Waals surface area contributed by atoms with Gasteiger partial charge in [0.2, 0.25) is 0 Å². The molecule has 0 spiro atoms. The Bertz CT molecular complexity index is 127. The quantitative estimate of drug-likeness (QED) is 0.195. The Kier molecular flexibility index (Phi) is 23.9. The summed E-state index contributed by atoms with van der Waals surface area (Å²) < 4.78 is 10.8. The maximum absolute atomic E-state index is 5.43. The molecular weight excluding hydrogens is 231 g/mol. The summed E-state index contributed by atoms with van der Waals surface area (Å²) in [5, 5.41) is 0. The minimum absolute atomic E-state index is 0. The number of ether oxygens (including phenoxy) is 2. The van der Waals surface area contributed by atoms with Crippen molar-refractivity contribution in [2.75, 3.05) is 20.0 Å². The standard InChI is InChI=1S/C16H33O2.Li/c1-3-5-7-8-9-10-11-13-15-18-16-17-14-12-6-4-2;/h4H,3,5-16H2,1-2H3;/q-1;+1. The molecule has 0 radical (unpaired) electrons. The molecule has 0 fully saturated rings. The van der Waals surface area contributed by atoms with E-state index in [2.05, 4.69) is 20.3 Å². The molecule has 0 amide bonds. The smallest absolute Gasteiger partial charge is 0.356 e. The van der Waals surface area contributed by atoms with Crippen LogP contribution in [0.4, 0.5) is 0 Å². The summed E-state index contributed by atoms with van der Waals surface area (Å²) in [6.07, 6.45) is 15.2. The van der Waals surface area contributed by atoms with Crippen LogP contribution in [0.15, 0.2) is 0 Å².